The van der Waals surface area contributed by atoms with Crippen LogP contribution in [-0.2, 0) is 33.3 Å². The van der Waals surface area contributed by atoms with Crippen molar-refractivity contribution in [2.75, 3.05) is 40.0 Å². The van der Waals surface area contributed by atoms with Crippen molar-refractivity contribution in [3.8, 4) is 0 Å². The van der Waals surface area contributed by atoms with Gasteiger partial charge in [-0.1, -0.05) is 18.2 Å². The largest absolute Gasteiger partial charge is 0.478 e. The lowest BCUT2D eigenvalue weighted by atomic mass is 9.83. The molecule has 3 aliphatic heterocycles. The van der Waals surface area contributed by atoms with E-state index in [0.717, 1.165) is 0 Å². The highest BCUT2D eigenvalue weighted by Gasteiger charge is 2.48. The zero-order valence-corrected chi connectivity index (χ0v) is 22.4. The van der Waals surface area contributed by atoms with Crippen molar-refractivity contribution < 1.29 is 58.8 Å². The molecule has 0 saturated carbocycles. The lowest BCUT2D eigenvalue weighted by molar-refractivity contribution is -0.344. The average Bonchev–Trinajstić information content (AvgIpc) is 2.95. The second-order valence-corrected chi connectivity index (χ2v) is 9.33. The molecule has 0 aromatic heterocycles. The smallest absolute Gasteiger partial charge is 0.337 e. The van der Waals surface area contributed by atoms with Gasteiger partial charge in [0.1, 0.15) is 24.4 Å². The number of carbonyl (C=O) groups is 2. The number of rotatable bonds is 12. The first-order valence-electron chi connectivity index (χ1n) is 12.8. The minimum Gasteiger partial charge on any atom is -0.478 e. The van der Waals surface area contributed by atoms with Crippen LogP contribution in [0, 0.1) is 11.8 Å². The topological polar surface area (TPSA) is 185 Å². The minimum atomic E-state index is -1.42. The van der Waals surface area contributed by atoms with Gasteiger partial charge in [-0.3, -0.25) is 0 Å². The summed E-state index contributed by atoms with van der Waals surface area (Å²) in [6, 6.07) is 0. The number of carbonyl (C=O) groups excluding carboxylic acids is 1. The van der Waals surface area contributed by atoms with Crippen LogP contribution in [0.1, 0.15) is 6.92 Å². The Hall–Kier alpha value is -3.04. The van der Waals surface area contributed by atoms with Gasteiger partial charge in [0.2, 0.25) is 6.29 Å². The lowest BCUT2D eigenvalue weighted by Crippen LogP contribution is -2.61. The van der Waals surface area contributed by atoms with Gasteiger partial charge >= 0.3 is 11.9 Å². The fraction of sp³-hybridized carbons (Fsp3) is 0.556. The van der Waals surface area contributed by atoms with E-state index in [1.165, 1.54) is 31.7 Å². The summed E-state index contributed by atoms with van der Waals surface area (Å²) in [5.74, 6) is -3.19. The quantitative estimate of drug-likeness (QED) is 0.149. The number of methoxy groups -OCH3 is 1. The highest BCUT2D eigenvalue weighted by molar-refractivity contribution is 5.90. The monoisotopic (exact) mass is 567 g/mol. The fourth-order valence-corrected chi connectivity index (χ4v) is 4.75. The van der Waals surface area contributed by atoms with E-state index in [1.807, 2.05) is 0 Å². The van der Waals surface area contributed by atoms with Gasteiger partial charge in [-0.25, -0.2) is 9.59 Å². The van der Waals surface area contributed by atoms with E-state index in [-0.39, 0.29) is 30.9 Å². The molecule has 3 rings (SSSR count). The Balaban J connectivity index is 1.91. The molecule has 0 bridgehead atoms. The van der Waals surface area contributed by atoms with Crippen molar-refractivity contribution in [1.29, 1.82) is 0 Å². The predicted octanol–water partition coefficient (Wildman–Crippen LogP) is -0.562. The Morgan fingerprint density at radius 2 is 1.98 bits per heavy atom. The van der Waals surface area contributed by atoms with Crippen LogP contribution in [0.2, 0.25) is 0 Å². The summed E-state index contributed by atoms with van der Waals surface area (Å²) in [4.78, 5) is 25.9. The number of β-amino-alcohol motifs (C(OH)–C–C–N with tert-alkyl or cyclic N) is 1. The molecular formula is C27H37NO12. The van der Waals surface area contributed by atoms with Crippen molar-refractivity contribution in [1.82, 2.24) is 4.90 Å². The number of nitrogens with zero attached hydrogens (tertiary/aromatic N) is 1. The van der Waals surface area contributed by atoms with Crippen molar-refractivity contribution in [2.24, 2.45) is 11.8 Å². The Morgan fingerprint density at radius 1 is 1.23 bits per heavy atom. The Kier molecular flexibility index (Phi) is 11.5. The van der Waals surface area contributed by atoms with E-state index in [4.69, 9.17) is 23.7 Å². The Labute approximate surface area is 231 Å². The van der Waals surface area contributed by atoms with Gasteiger partial charge in [-0.15, -0.1) is 6.58 Å². The summed E-state index contributed by atoms with van der Waals surface area (Å²) in [6.45, 7) is 5.53. The summed E-state index contributed by atoms with van der Waals surface area (Å²) in [5, 5.41) is 49.3. The fourth-order valence-electron chi connectivity index (χ4n) is 4.75. The van der Waals surface area contributed by atoms with Crippen LogP contribution in [0.25, 0.3) is 0 Å². The van der Waals surface area contributed by atoms with Crippen LogP contribution in [0.4, 0.5) is 0 Å². The molecule has 3 aliphatic rings. The number of carboxylic acids is 1. The van der Waals surface area contributed by atoms with Crippen LogP contribution in [-0.4, -0.2) is 119 Å². The van der Waals surface area contributed by atoms with Crippen LogP contribution in [0.15, 0.2) is 60.1 Å². The van der Waals surface area contributed by atoms with E-state index in [9.17, 15) is 35.1 Å². The molecule has 0 unspecified atom stereocenters. The van der Waals surface area contributed by atoms with Gasteiger partial charge < -0.3 is 54.1 Å². The number of esters is 1. The Morgan fingerprint density at radius 3 is 2.58 bits per heavy atom. The highest BCUT2D eigenvalue weighted by Crippen LogP contribution is 2.36. The van der Waals surface area contributed by atoms with Crippen molar-refractivity contribution in [3.05, 3.63) is 60.1 Å². The molecule has 40 heavy (non-hydrogen) atoms. The van der Waals surface area contributed by atoms with Gasteiger partial charge in [0.05, 0.1) is 43.6 Å². The Bertz CT molecular complexity index is 1040. The van der Waals surface area contributed by atoms with E-state index in [0.29, 0.717) is 12.1 Å². The maximum absolute atomic E-state index is 12.6. The zero-order chi connectivity index (χ0) is 29.4. The zero-order valence-electron chi connectivity index (χ0n) is 22.4. The third kappa shape index (κ3) is 7.18. The minimum absolute atomic E-state index is 0.0344. The summed E-state index contributed by atoms with van der Waals surface area (Å²) in [5.41, 5.74) is 0.794. The molecule has 13 nitrogen and oxygen atoms in total. The van der Waals surface area contributed by atoms with Crippen molar-refractivity contribution >= 4 is 11.9 Å². The number of carboxylic acid groups (broad SMARTS) is 1. The van der Waals surface area contributed by atoms with Crippen molar-refractivity contribution in [3.63, 3.8) is 0 Å². The third-order valence-corrected chi connectivity index (χ3v) is 6.76. The van der Waals surface area contributed by atoms with E-state index in [1.54, 1.807) is 24.0 Å². The van der Waals surface area contributed by atoms with Crippen molar-refractivity contribution in [2.45, 2.75) is 43.9 Å². The number of ether oxygens (including phenoxy) is 5. The van der Waals surface area contributed by atoms with Gasteiger partial charge in [0.15, 0.2) is 6.29 Å². The number of aliphatic hydroxyl groups is 4. The molecule has 8 atom stereocenters. The number of hydrogen-bond donors (Lipinski definition) is 5. The SMILES string of the molecule is C=C[C@H]1[C@H](O[C@@H]2O[C@H](CO)[C@@H](O)[C@H](O)[C@H]2OCC)OC=C(C(=O)OC)[C@H]1/C=C\C1=CC(C(=O)O)=CN(CCO)C1. The second kappa shape index (κ2) is 14.6. The van der Waals surface area contributed by atoms with Gasteiger partial charge in [0.25, 0.3) is 0 Å². The molecule has 0 aromatic rings. The van der Waals surface area contributed by atoms with Gasteiger partial charge in [-0.2, -0.15) is 0 Å². The number of aliphatic hydroxyl groups excluding tert-OH is 4. The first-order chi connectivity index (χ1) is 19.2. The molecule has 13 heteroatoms. The normalized spacial score (nSPS) is 32.5. The standard InChI is InChI=1S/C27H37NO12/c1-4-17-18(7-6-15-10-16(24(33)34)12-28(11-15)8-9-29)19(25(35)36-3)14-38-26(17)40-27-23(37-5-2)22(32)21(31)20(13-30)39-27/h4,6-7,10,12,14,17-18,20-23,26-27,29-32H,1,5,8-9,11,13H2,2-3H3,(H,33,34)/b7-6-/t17-,18+,20-,21-,22+,23-,26+,27+/m1/s1. The molecular weight excluding hydrogens is 530 g/mol. The third-order valence-electron chi connectivity index (χ3n) is 6.76. The first kappa shape index (κ1) is 31.5. The molecule has 222 valence electrons. The van der Waals surface area contributed by atoms with Crippen LogP contribution in [0.5, 0.6) is 0 Å². The summed E-state index contributed by atoms with van der Waals surface area (Å²) in [7, 11) is 1.22. The lowest BCUT2D eigenvalue weighted by Gasteiger charge is -2.44. The molecule has 5 N–H and O–H groups in total. The summed E-state index contributed by atoms with van der Waals surface area (Å²) >= 11 is 0. The predicted molar refractivity (Wildman–Crippen MR) is 138 cm³/mol. The van der Waals surface area contributed by atoms with E-state index < -0.39 is 67.4 Å². The molecule has 0 amide bonds. The molecule has 0 aromatic carbocycles. The number of allylic oxidation sites excluding steroid dienone is 1. The van der Waals surface area contributed by atoms with Crippen LogP contribution in [0.3, 0.4) is 0 Å². The number of aliphatic carboxylic acids is 1. The molecule has 3 heterocycles. The maximum atomic E-state index is 12.6. The second-order valence-electron chi connectivity index (χ2n) is 9.33. The number of hydrogen-bond acceptors (Lipinski definition) is 12. The molecule has 1 saturated heterocycles. The van der Waals surface area contributed by atoms with Gasteiger partial charge in [0, 0.05) is 31.8 Å². The van der Waals surface area contributed by atoms with E-state index >= 15 is 0 Å². The van der Waals surface area contributed by atoms with E-state index in [2.05, 4.69) is 6.58 Å². The first-order valence-corrected chi connectivity index (χ1v) is 12.8. The van der Waals surface area contributed by atoms with Gasteiger partial charge in [-0.05, 0) is 18.6 Å². The molecule has 0 radical (unpaired) electrons. The summed E-state index contributed by atoms with van der Waals surface area (Å²) in [6.07, 6.45) is 1.56. The van der Waals surface area contributed by atoms with Crippen LogP contribution >= 0.6 is 0 Å². The highest BCUT2D eigenvalue weighted by atomic mass is 16.8. The molecule has 0 aliphatic carbocycles. The maximum Gasteiger partial charge on any atom is 0.337 e. The average molecular weight is 568 g/mol. The summed E-state index contributed by atoms with van der Waals surface area (Å²) < 4.78 is 27.9. The molecule has 0 spiro atoms. The van der Waals surface area contributed by atoms with Crippen LogP contribution < -0.4 is 0 Å². The molecule has 1 fully saturated rings.